The third kappa shape index (κ3) is 10.7. The molecule has 2 aromatic heterocycles. The standard InChI is InChI=1S/C30H35N5O4.C2H6/c1-34-16-6-3-2-4-12-28(33-34)29(36)32-25-13-14-26(31-20-25)21-35-17-7-5-9-23(15-18-35)22-39-27-11-8-10-24(19-27)30(37)38;1-2/h2-4,6,8,10-14,16,19-20,23H,5,7,9,15,17-18,21-22H2,1H3,(H,32,36)(H,37,38);1-2H3. The minimum Gasteiger partial charge on any atom is -0.493 e. The fraction of sp³-hybridized carbons (Fsp3) is 0.375. The number of amides is 1. The van der Waals surface area contributed by atoms with Crippen molar-refractivity contribution < 1.29 is 19.4 Å². The predicted molar refractivity (Wildman–Crippen MR) is 161 cm³/mol. The van der Waals surface area contributed by atoms with E-state index in [1.807, 2.05) is 44.2 Å². The second-order valence-corrected chi connectivity index (χ2v) is 9.71. The maximum absolute atomic E-state index is 12.7. The molecule has 9 heteroatoms. The molecule has 1 aromatic carbocycles. The number of aromatic carboxylic acids is 1. The van der Waals surface area contributed by atoms with Crippen molar-refractivity contribution in [1.82, 2.24) is 19.7 Å². The van der Waals surface area contributed by atoms with Gasteiger partial charge in [0.2, 0.25) is 0 Å². The van der Waals surface area contributed by atoms with Crippen LogP contribution in [0.2, 0.25) is 0 Å². The normalized spacial score (nSPS) is 15.2. The largest absolute Gasteiger partial charge is 0.493 e. The van der Waals surface area contributed by atoms with E-state index in [2.05, 4.69) is 20.3 Å². The summed E-state index contributed by atoms with van der Waals surface area (Å²) in [5.74, 6) is -0.250. The van der Waals surface area contributed by atoms with Crippen LogP contribution < -0.4 is 10.1 Å². The highest BCUT2D eigenvalue weighted by molar-refractivity contribution is 6.02. The van der Waals surface area contributed by atoms with Gasteiger partial charge in [-0.15, -0.1) is 0 Å². The molecule has 1 aliphatic rings. The number of carboxylic acids is 1. The molecule has 0 saturated carbocycles. The molecular formula is C32H41N5O4. The Morgan fingerprint density at radius 1 is 1.00 bits per heavy atom. The van der Waals surface area contributed by atoms with Crippen LogP contribution in [-0.4, -0.2) is 56.3 Å². The number of ether oxygens (including phenoxy) is 1. The third-order valence-corrected chi connectivity index (χ3v) is 6.61. The van der Waals surface area contributed by atoms with Crippen LogP contribution >= 0.6 is 0 Å². The lowest BCUT2D eigenvalue weighted by molar-refractivity contribution is 0.0696. The van der Waals surface area contributed by atoms with Gasteiger partial charge in [0.1, 0.15) is 11.4 Å². The monoisotopic (exact) mass is 559 g/mol. The molecule has 41 heavy (non-hydrogen) atoms. The van der Waals surface area contributed by atoms with E-state index in [4.69, 9.17) is 4.74 Å². The first-order chi connectivity index (χ1) is 20.0. The summed E-state index contributed by atoms with van der Waals surface area (Å²) in [5, 5.41) is 16.4. The first-order valence-corrected chi connectivity index (χ1v) is 14.2. The van der Waals surface area contributed by atoms with Crippen LogP contribution in [0.15, 0.2) is 79.1 Å². The Morgan fingerprint density at radius 2 is 1.83 bits per heavy atom. The second kappa shape index (κ2) is 16.8. The van der Waals surface area contributed by atoms with Crippen molar-refractivity contribution in [3.8, 4) is 5.75 Å². The van der Waals surface area contributed by atoms with Gasteiger partial charge in [0.05, 0.1) is 29.7 Å². The number of rotatable bonds is 8. The van der Waals surface area contributed by atoms with Gasteiger partial charge in [-0.1, -0.05) is 44.5 Å². The molecule has 1 aliphatic heterocycles. The molecule has 218 valence electrons. The highest BCUT2D eigenvalue weighted by atomic mass is 16.5. The average molecular weight is 560 g/mol. The van der Waals surface area contributed by atoms with E-state index in [1.165, 1.54) is 0 Å². The van der Waals surface area contributed by atoms with Crippen LogP contribution in [0.25, 0.3) is 0 Å². The van der Waals surface area contributed by atoms with Crippen molar-refractivity contribution in [2.45, 2.75) is 46.1 Å². The SMILES string of the molecule is CC.Cn1ccccccc(C(=O)Nc2ccc(CN3CCCCC(COc4cccc(C(=O)O)c4)CC3)nc2)n1. The number of hydrogen-bond donors (Lipinski definition) is 2. The summed E-state index contributed by atoms with van der Waals surface area (Å²) in [4.78, 5) is 30.9. The van der Waals surface area contributed by atoms with Crippen LogP contribution in [0.3, 0.4) is 0 Å². The smallest absolute Gasteiger partial charge is 0.335 e. The van der Waals surface area contributed by atoms with Gasteiger partial charge in [-0.25, -0.2) is 4.79 Å². The molecule has 2 N–H and O–H groups in total. The Bertz CT molecular complexity index is 1310. The molecule has 1 unspecified atom stereocenters. The number of carbonyl (C=O) groups is 2. The van der Waals surface area contributed by atoms with Crippen molar-refractivity contribution in [2.24, 2.45) is 13.0 Å². The van der Waals surface area contributed by atoms with Gasteiger partial charge in [0.15, 0.2) is 0 Å². The van der Waals surface area contributed by atoms with Crippen LogP contribution in [0.4, 0.5) is 5.69 Å². The Morgan fingerprint density at radius 3 is 2.61 bits per heavy atom. The van der Waals surface area contributed by atoms with Crippen molar-refractivity contribution >= 4 is 17.6 Å². The van der Waals surface area contributed by atoms with E-state index in [0.717, 1.165) is 51.0 Å². The molecule has 1 fully saturated rings. The van der Waals surface area contributed by atoms with E-state index in [0.29, 0.717) is 29.7 Å². The summed E-state index contributed by atoms with van der Waals surface area (Å²) in [6, 6.07) is 19.5. The van der Waals surface area contributed by atoms with Crippen LogP contribution in [-0.2, 0) is 13.6 Å². The van der Waals surface area contributed by atoms with Crippen molar-refractivity contribution in [3.05, 3.63) is 96.1 Å². The summed E-state index contributed by atoms with van der Waals surface area (Å²) in [5.41, 5.74) is 2.09. The highest BCUT2D eigenvalue weighted by Gasteiger charge is 2.17. The Labute approximate surface area is 242 Å². The van der Waals surface area contributed by atoms with Crippen molar-refractivity contribution in [2.75, 3.05) is 25.0 Å². The number of nitrogens with one attached hydrogen (secondary N) is 1. The topological polar surface area (TPSA) is 110 Å². The molecule has 4 rings (SSSR count). The van der Waals surface area contributed by atoms with E-state index in [1.54, 1.807) is 60.5 Å². The number of aromatic nitrogens is 3. The highest BCUT2D eigenvalue weighted by Crippen LogP contribution is 2.22. The number of nitrogens with zero attached hydrogens (tertiary/aromatic N) is 4. The lowest BCUT2D eigenvalue weighted by Gasteiger charge is -2.28. The van der Waals surface area contributed by atoms with Gasteiger partial charge in [-0.3, -0.25) is 19.4 Å². The Balaban J connectivity index is 0.00000226. The lowest BCUT2D eigenvalue weighted by Crippen LogP contribution is -2.30. The quantitative estimate of drug-likeness (QED) is 0.349. The Kier molecular flexibility index (Phi) is 12.8. The fourth-order valence-electron chi connectivity index (χ4n) is 4.47. The van der Waals surface area contributed by atoms with Gasteiger partial charge < -0.3 is 15.2 Å². The molecule has 1 amide bonds. The second-order valence-electron chi connectivity index (χ2n) is 9.71. The molecule has 9 nitrogen and oxygen atoms in total. The maximum atomic E-state index is 12.7. The summed E-state index contributed by atoms with van der Waals surface area (Å²) in [6.45, 7) is 7.26. The zero-order chi connectivity index (χ0) is 29.5. The number of carboxylic acid groups (broad SMARTS) is 1. The molecule has 1 atom stereocenters. The molecule has 1 saturated heterocycles. The molecule has 3 heterocycles. The fourth-order valence-corrected chi connectivity index (χ4v) is 4.47. The minimum absolute atomic E-state index is 0.234. The minimum atomic E-state index is -0.953. The molecule has 0 aliphatic carbocycles. The van der Waals surface area contributed by atoms with E-state index < -0.39 is 5.97 Å². The summed E-state index contributed by atoms with van der Waals surface area (Å²) < 4.78 is 7.54. The summed E-state index contributed by atoms with van der Waals surface area (Å²) in [6.07, 6.45) is 7.78. The maximum Gasteiger partial charge on any atom is 0.335 e. The molecule has 3 aromatic rings. The number of hydrogen-bond acceptors (Lipinski definition) is 6. The van der Waals surface area contributed by atoms with Gasteiger partial charge in [0.25, 0.3) is 5.91 Å². The number of anilines is 1. The first kappa shape index (κ1) is 31.3. The average Bonchev–Trinajstić information content (AvgIpc) is 3.08. The molecular weight excluding hydrogens is 518 g/mol. The van der Waals surface area contributed by atoms with E-state index in [-0.39, 0.29) is 11.5 Å². The number of benzene rings is 1. The number of pyridine rings is 1. The van der Waals surface area contributed by atoms with E-state index in [9.17, 15) is 14.7 Å². The molecule has 0 bridgehead atoms. The van der Waals surface area contributed by atoms with Crippen LogP contribution in [0.5, 0.6) is 5.75 Å². The third-order valence-electron chi connectivity index (χ3n) is 6.61. The zero-order valence-electron chi connectivity index (χ0n) is 24.2. The van der Waals surface area contributed by atoms with Gasteiger partial charge in [0, 0.05) is 19.8 Å². The Hall–Kier alpha value is -4.24. The van der Waals surface area contributed by atoms with E-state index >= 15 is 0 Å². The lowest BCUT2D eigenvalue weighted by atomic mass is 9.96. The zero-order valence-corrected chi connectivity index (χ0v) is 24.2. The van der Waals surface area contributed by atoms with Crippen molar-refractivity contribution in [1.29, 1.82) is 0 Å². The predicted octanol–water partition coefficient (Wildman–Crippen LogP) is 5.99. The molecule has 0 radical (unpaired) electrons. The van der Waals surface area contributed by atoms with Gasteiger partial charge >= 0.3 is 5.97 Å². The number of carbonyl (C=O) groups excluding carboxylic acids is 1. The number of aryl methyl sites for hydroxylation is 1. The summed E-state index contributed by atoms with van der Waals surface area (Å²) >= 11 is 0. The van der Waals surface area contributed by atoms with Gasteiger partial charge in [-0.2, -0.15) is 5.10 Å². The van der Waals surface area contributed by atoms with Crippen LogP contribution in [0.1, 0.15) is 66.1 Å². The number of likely N-dealkylation sites (tertiary alicyclic amines) is 1. The van der Waals surface area contributed by atoms with Gasteiger partial charge in [-0.05, 0) is 80.7 Å². The first-order valence-electron chi connectivity index (χ1n) is 14.2. The molecule has 0 spiro atoms. The van der Waals surface area contributed by atoms with Crippen molar-refractivity contribution in [3.63, 3.8) is 0 Å². The van der Waals surface area contributed by atoms with Crippen LogP contribution in [0, 0.1) is 5.92 Å². The summed E-state index contributed by atoms with van der Waals surface area (Å²) in [7, 11) is 1.77.